The lowest BCUT2D eigenvalue weighted by molar-refractivity contribution is 0.0602. The second kappa shape index (κ2) is 7.88. The Balaban J connectivity index is 2.88. The first kappa shape index (κ1) is 18.1. The number of likely N-dealkylation sites (N-methyl/N-ethyl adjacent to an activating group) is 1. The first-order chi connectivity index (χ1) is 9.87. The van der Waals surface area contributed by atoms with Crippen LogP contribution in [0.3, 0.4) is 0 Å². The van der Waals surface area contributed by atoms with Crippen molar-refractivity contribution in [1.82, 2.24) is 9.62 Å². The number of aryl methyl sites for hydroxylation is 1. The summed E-state index contributed by atoms with van der Waals surface area (Å²) in [5.74, 6) is -0.628. The topological polar surface area (TPSA) is 75.7 Å². The van der Waals surface area contributed by atoms with Crippen LogP contribution in [-0.4, -0.2) is 52.6 Å². The van der Waals surface area contributed by atoms with E-state index in [0.29, 0.717) is 18.7 Å². The van der Waals surface area contributed by atoms with E-state index in [1.807, 2.05) is 13.8 Å². The number of thiophene rings is 1. The van der Waals surface area contributed by atoms with Crippen molar-refractivity contribution < 1.29 is 17.9 Å². The number of carbonyl (C=O) groups excluding carboxylic acids is 1. The zero-order chi connectivity index (χ0) is 16.0. The van der Waals surface area contributed by atoms with Crippen LogP contribution in [0.2, 0.25) is 0 Å². The molecule has 0 unspecified atom stereocenters. The Kier molecular flexibility index (Phi) is 6.79. The fourth-order valence-electron chi connectivity index (χ4n) is 1.95. The molecule has 0 amide bonds. The lowest BCUT2D eigenvalue weighted by Gasteiger charge is -2.18. The highest BCUT2D eigenvalue weighted by Gasteiger charge is 2.27. The predicted molar refractivity (Wildman–Crippen MR) is 83.4 cm³/mol. The van der Waals surface area contributed by atoms with Crippen LogP contribution in [0.25, 0.3) is 0 Å². The summed E-state index contributed by atoms with van der Waals surface area (Å²) >= 11 is 1.08. The molecule has 8 heteroatoms. The van der Waals surface area contributed by atoms with Crippen molar-refractivity contribution in [2.75, 3.05) is 33.3 Å². The van der Waals surface area contributed by atoms with E-state index in [1.165, 1.54) is 7.11 Å². The van der Waals surface area contributed by atoms with E-state index in [4.69, 9.17) is 0 Å². The molecule has 0 saturated heterocycles. The standard InChI is InChI=1S/C13H22N2O4S2/c1-5-15(6-2)8-7-14-21(17,18)12-10(3)9-20-11(12)13(16)19-4/h9,14H,5-8H2,1-4H3. The van der Waals surface area contributed by atoms with E-state index in [9.17, 15) is 13.2 Å². The molecular formula is C13H22N2O4S2. The molecule has 0 fully saturated rings. The van der Waals surface area contributed by atoms with Gasteiger partial charge in [0.05, 0.1) is 7.11 Å². The van der Waals surface area contributed by atoms with Crippen LogP contribution in [0, 0.1) is 6.92 Å². The molecular weight excluding hydrogens is 312 g/mol. The van der Waals surface area contributed by atoms with Crippen LogP contribution in [0.5, 0.6) is 0 Å². The van der Waals surface area contributed by atoms with E-state index >= 15 is 0 Å². The van der Waals surface area contributed by atoms with E-state index in [0.717, 1.165) is 24.4 Å². The Morgan fingerprint density at radius 1 is 1.38 bits per heavy atom. The summed E-state index contributed by atoms with van der Waals surface area (Å²) in [6.45, 7) is 8.38. The number of rotatable bonds is 8. The number of sulfonamides is 1. The van der Waals surface area contributed by atoms with Crippen LogP contribution < -0.4 is 4.72 Å². The molecule has 0 radical (unpaired) electrons. The van der Waals surface area contributed by atoms with Gasteiger partial charge in [-0.25, -0.2) is 17.9 Å². The molecule has 0 aliphatic rings. The normalized spacial score (nSPS) is 11.9. The molecule has 0 saturated carbocycles. The highest BCUT2D eigenvalue weighted by Crippen LogP contribution is 2.27. The maximum Gasteiger partial charge on any atom is 0.349 e. The summed E-state index contributed by atoms with van der Waals surface area (Å²) in [5.41, 5.74) is 0.552. The second-order valence-electron chi connectivity index (χ2n) is 4.49. The van der Waals surface area contributed by atoms with Crippen LogP contribution in [0.4, 0.5) is 0 Å². The van der Waals surface area contributed by atoms with Gasteiger partial charge in [-0.2, -0.15) is 0 Å². The first-order valence-electron chi connectivity index (χ1n) is 6.75. The Bertz CT molecular complexity index is 577. The van der Waals surface area contributed by atoms with E-state index in [2.05, 4.69) is 14.4 Å². The molecule has 0 bridgehead atoms. The molecule has 0 atom stereocenters. The van der Waals surface area contributed by atoms with Crippen LogP contribution in [0.1, 0.15) is 29.1 Å². The molecule has 120 valence electrons. The molecule has 1 heterocycles. The Morgan fingerprint density at radius 3 is 2.52 bits per heavy atom. The minimum absolute atomic E-state index is 0.0268. The van der Waals surface area contributed by atoms with Crippen LogP contribution in [-0.2, 0) is 14.8 Å². The first-order valence-corrected chi connectivity index (χ1v) is 9.12. The van der Waals surface area contributed by atoms with E-state index < -0.39 is 16.0 Å². The van der Waals surface area contributed by atoms with E-state index in [-0.39, 0.29) is 9.77 Å². The summed E-state index contributed by atoms with van der Waals surface area (Å²) in [6, 6.07) is 0. The third-order valence-electron chi connectivity index (χ3n) is 3.17. The molecule has 0 aliphatic carbocycles. The van der Waals surface area contributed by atoms with Gasteiger partial charge < -0.3 is 9.64 Å². The summed E-state index contributed by atoms with van der Waals surface area (Å²) in [6.07, 6.45) is 0. The maximum atomic E-state index is 12.4. The van der Waals surface area contributed by atoms with Crippen molar-refractivity contribution in [3.05, 3.63) is 15.8 Å². The van der Waals surface area contributed by atoms with Gasteiger partial charge in [0.15, 0.2) is 0 Å². The summed E-state index contributed by atoms with van der Waals surface area (Å²) in [7, 11) is -2.47. The average Bonchev–Trinajstić information content (AvgIpc) is 2.85. The highest BCUT2D eigenvalue weighted by molar-refractivity contribution is 7.89. The second-order valence-corrected chi connectivity index (χ2v) is 7.08. The molecule has 0 spiro atoms. The fourth-order valence-corrected chi connectivity index (χ4v) is 4.67. The highest BCUT2D eigenvalue weighted by atomic mass is 32.2. The van der Waals surface area contributed by atoms with Crippen molar-refractivity contribution in [3.8, 4) is 0 Å². The minimum Gasteiger partial charge on any atom is -0.465 e. The average molecular weight is 334 g/mol. The third-order valence-corrected chi connectivity index (χ3v) is 6.03. The summed E-state index contributed by atoms with van der Waals surface area (Å²) < 4.78 is 31.9. The molecule has 0 aliphatic heterocycles. The van der Waals surface area contributed by atoms with Gasteiger partial charge in [-0.15, -0.1) is 11.3 Å². The molecule has 1 rings (SSSR count). The van der Waals surface area contributed by atoms with Crippen molar-refractivity contribution in [2.45, 2.75) is 25.7 Å². The molecule has 1 aromatic rings. The predicted octanol–water partition coefficient (Wildman–Crippen LogP) is 1.46. The monoisotopic (exact) mass is 334 g/mol. The van der Waals surface area contributed by atoms with Gasteiger partial charge in [0.25, 0.3) is 0 Å². The Labute approximate surface area is 130 Å². The van der Waals surface area contributed by atoms with Gasteiger partial charge in [-0.05, 0) is 31.0 Å². The van der Waals surface area contributed by atoms with E-state index in [1.54, 1.807) is 12.3 Å². The minimum atomic E-state index is -3.71. The van der Waals surface area contributed by atoms with Gasteiger partial charge >= 0.3 is 5.97 Å². The van der Waals surface area contributed by atoms with Crippen molar-refractivity contribution >= 4 is 27.3 Å². The van der Waals surface area contributed by atoms with Gasteiger partial charge in [0, 0.05) is 13.1 Å². The largest absolute Gasteiger partial charge is 0.465 e. The van der Waals surface area contributed by atoms with Crippen molar-refractivity contribution in [3.63, 3.8) is 0 Å². The lowest BCUT2D eigenvalue weighted by atomic mass is 10.3. The van der Waals surface area contributed by atoms with Gasteiger partial charge in [0.1, 0.15) is 9.77 Å². The number of hydrogen-bond donors (Lipinski definition) is 1. The fraction of sp³-hybridized carbons (Fsp3) is 0.615. The molecule has 1 aromatic heterocycles. The maximum absolute atomic E-state index is 12.4. The number of methoxy groups -OCH3 is 1. The molecule has 1 N–H and O–H groups in total. The molecule has 0 aromatic carbocycles. The molecule has 6 nitrogen and oxygen atoms in total. The van der Waals surface area contributed by atoms with Crippen molar-refractivity contribution in [1.29, 1.82) is 0 Å². The molecule has 21 heavy (non-hydrogen) atoms. The Hall–Kier alpha value is -0.960. The smallest absolute Gasteiger partial charge is 0.349 e. The van der Waals surface area contributed by atoms with Crippen LogP contribution >= 0.6 is 11.3 Å². The van der Waals surface area contributed by atoms with Crippen molar-refractivity contribution in [2.24, 2.45) is 0 Å². The third kappa shape index (κ3) is 4.50. The zero-order valence-electron chi connectivity index (χ0n) is 12.8. The number of ether oxygens (including phenoxy) is 1. The summed E-state index contributed by atoms with van der Waals surface area (Å²) in [4.78, 5) is 13.9. The van der Waals surface area contributed by atoms with Crippen LogP contribution in [0.15, 0.2) is 10.3 Å². The number of nitrogens with one attached hydrogen (secondary N) is 1. The number of esters is 1. The number of hydrogen-bond acceptors (Lipinski definition) is 6. The van der Waals surface area contributed by atoms with Gasteiger partial charge in [-0.3, -0.25) is 0 Å². The number of carbonyl (C=O) groups is 1. The quantitative estimate of drug-likeness (QED) is 0.729. The Morgan fingerprint density at radius 2 is 2.00 bits per heavy atom. The SMILES string of the molecule is CCN(CC)CCNS(=O)(=O)c1c(C)csc1C(=O)OC. The number of nitrogens with zero attached hydrogens (tertiary/aromatic N) is 1. The van der Waals surface area contributed by atoms with Gasteiger partial charge in [0.2, 0.25) is 10.0 Å². The zero-order valence-corrected chi connectivity index (χ0v) is 14.4. The lowest BCUT2D eigenvalue weighted by Crippen LogP contribution is -2.35. The van der Waals surface area contributed by atoms with Gasteiger partial charge in [-0.1, -0.05) is 13.8 Å². The summed E-state index contributed by atoms with van der Waals surface area (Å²) in [5, 5.41) is 1.64.